The Morgan fingerprint density at radius 2 is 2.07 bits per heavy atom. The van der Waals surface area contributed by atoms with E-state index < -0.39 is 18.7 Å². The van der Waals surface area contributed by atoms with Crippen LogP contribution in [0.2, 0.25) is 0 Å². The summed E-state index contributed by atoms with van der Waals surface area (Å²) in [5, 5.41) is 0. The van der Waals surface area contributed by atoms with E-state index in [1.165, 1.54) is 0 Å². The molecule has 0 bridgehead atoms. The molecule has 0 aliphatic carbocycles. The largest absolute Gasteiger partial charge is 0.391 e. The van der Waals surface area contributed by atoms with Crippen molar-refractivity contribution in [2.24, 2.45) is 0 Å². The summed E-state index contributed by atoms with van der Waals surface area (Å²) in [7, 11) is 0. The molecule has 1 fully saturated rings. The zero-order valence-corrected chi connectivity index (χ0v) is 8.47. The number of halogens is 3. The first kappa shape index (κ1) is 11.8. The molecule has 2 nitrogen and oxygen atoms in total. The van der Waals surface area contributed by atoms with Crippen LogP contribution in [0.5, 0.6) is 0 Å². The molecule has 1 aliphatic heterocycles. The quantitative estimate of drug-likeness (QED) is 0.693. The Kier molecular flexibility index (Phi) is 3.78. The first-order valence-electron chi connectivity index (χ1n) is 4.81. The zero-order chi connectivity index (χ0) is 10.8. The maximum atomic E-state index is 12.1. The molecule has 1 atom stereocenters. The van der Waals surface area contributed by atoms with Gasteiger partial charge in [-0.3, -0.25) is 4.90 Å². The van der Waals surface area contributed by atoms with Crippen molar-refractivity contribution in [3.8, 4) is 0 Å². The number of hydrogen-bond donors (Lipinski definition) is 0. The SMILES string of the molecule is CC(C)N1CCOC(CC(F)(F)F)C1. The molecule has 14 heavy (non-hydrogen) atoms. The minimum atomic E-state index is -4.12. The van der Waals surface area contributed by atoms with E-state index in [1.807, 2.05) is 18.7 Å². The fourth-order valence-electron chi connectivity index (χ4n) is 1.59. The van der Waals surface area contributed by atoms with Crippen LogP contribution in [0, 0.1) is 0 Å². The number of nitrogens with zero attached hydrogens (tertiary/aromatic N) is 1. The summed E-state index contributed by atoms with van der Waals surface area (Å²) in [4.78, 5) is 2.01. The highest BCUT2D eigenvalue weighted by Crippen LogP contribution is 2.25. The molecule has 5 heteroatoms. The van der Waals surface area contributed by atoms with E-state index in [2.05, 4.69) is 0 Å². The van der Waals surface area contributed by atoms with E-state index in [1.54, 1.807) is 0 Å². The Bertz CT molecular complexity index is 181. The molecule has 0 aromatic carbocycles. The molecule has 0 radical (unpaired) electrons. The Labute approximate surface area is 82.0 Å². The molecular weight excluding hydrogens is 195 g/mol. The first-order chi connectivity index (χ1) is 6.38. The second-order valence-electron chi connectivity index (χ2n) is 3.90. The van der Waals surface area contributed by atoms with Crippen molar-refractivity contribution >= 4 is 0 Å². The van der Waals surface area contributed by atoms with E-state index in [-0.39, 0.29) is 6.04 Å². The third kappa shape index (κ3) is 3.84. The zero-order valence-electron chi connectivity index (χ0n) is 8.47. The fourth-order valence-corrected chi connectivity index (χ4v) is 1.59. The third-order valence-corrected chi connectivity index (χ3v) is 2.36. The highest BCUT2D eigenvalue weighted by Gasteiger charge is 2.35. The lowest BCUT2D eigenvalue weighted by Crippen LogP contribution is -2.47. The lowest BCUT2D eigenvalue weighted by Gasteiger charge is -2.35. The van der Waals surface area contributed by atoms with Gasteiger partial charge < -0.3 is 4.74 Å². The summed E-state index contributed by atoms with van der Waals surface area (Å²) in [6, 6.07) is 0.287. The topological polar surface area (TPSA) is 12.5 Å². The monoisotopic (exact) mass is 211 g/mol. The van der Waals surface area contributed by atoms with E-state index in [0.29, 0.717) is 13.2 Å². The third-order valence-electron chi connectivity index (χ3n) is 2.36. The van der Waals surface area contributed by atoms with Gasteiger partial charge >= 0.3 is 6.18 Å². The van der Waals surface area contributed by atoms with Crippen LogP contribution >= 0.6 is 0 Å². The van der Waals surface area contributed by atoms with Gasteiger partial charge in [0.1, 0.15) is 0 Å². The van der Waals surface area contributed by atoms with E-state index >= 15 is 0 Å². The highest BCUT2D eigenvalue weighted by atomic mass is 19.4. The highest BCUT2D eigenvalue weighted by molar-refractivity contribution is 4.75. The van der Waals surface area contributed by atoms with Gasteiger partial charge in [0.05, 0.1) is 19.1 Å². The van der Waals surface area contributed by atoms with Crippen LogP contribution in [0.25, 0.3) is 0 Å². The number of rotatable bonds is 2. The second-order valence-corrected chi connectivity index (χ2v) is 3.90. The summed E-state index contributed by atoms with van der Waals surface area (Å²) in [5.41, 5.74) is 0. The van der Waals surface area contributed by atoms with Crippen LogP contribution in [-0.2, 0) is 4.74 Å². The van der Waals surface area contributed by atoms with Crippen molar-refractivity contribution in [1.82, 2.24) is 4.90 Å². The maximum absolute atomic E-state index is 12.1. The lowest BCUT2D eigenvalue weighted by molar-refractivity contribution is -0.171. The average Bonchev–Trinajstić information content (AvgIpc) is 2.01. The fraction of sp³-hybridized carbons (Fsp3) is 1.00. The number of ether oxygens (including phenoxy) is 1. The van der Waals surface area contributed by atoms with Crippen molar-refractivity contribution in [2.75, 3.05) is 19.7 Å². The molecule has 1 saturated heterocycles. The molecule has 0 spiro atoms. The van der Waals surface area contributed by atoms with Crippen LogP contribution in [0.3, 0.4) is 0 Å². The predicted octanol–water partition coefficient (Wildman–Crippen LogP) is 2.05. The van der Waals surface area contributed by atoms with E-state index in [0.717, 1.165) is 6.54 Å². The lowest BCUT2D eigenvalue weighted by atomic mass is 10.1. The van der Waals surface area contributed by atoms with Gasteiger partial charge in [-0.2, -0.15) is 13.2 Å². The summed E-state index contributed by atoms with van der Waals surface area (Å²) in [6.07, 6.45) is -5.65. The van der Waals surface area contributed by atoms with Gasteiger partial charge in [-0.15, -0.1) is 0 Å². The van der Waals surface area contributed by atoms with E-state index in [4.69, 9.17) is 4.74 Å². The van der Waals surface area contributed by atoms with E-state index in [9.17, 15) is 13.2 Å². The van der Waals surface area contributed by atoms with Gasteiger partial charge in [0.2, 0.25) is 0 Å². The normalized spacial score (nSPS) is 25.7. The Morgan fingerprint density at radius 1 is 1.43 bits per heavy atom. The summed E-state index contributed by atoms with van der Waals surface area (Å²) >= 11 is 0. The van der Waals surface area contributed by atoms with Gasteiger partial charge in [0.25, 0.3) is 0 Å². The second kappa shape index (κ2) is 4.49. The van der Waals surface area contributed by atoms with Crippen molar-refractivity contribution in [3.05, 3.63) is 0 Å². The minimum Gasteiger partial charge on any atom is -0.375 e. The smallest absolute Gasteiger partial charge is 0.375 e. The molecule has 1 aliphatic rings. The van der Waals surface area contributed by atoms with Crippen molar-refractivity contribution in [3.63, 3.8) is 0 Å². The van der Waals surface area contributed by atoms with Gasteiger partial charge in [0, 0.05) is 19.1 Å². The van der Waals surface area contributed by atoms with Gasteiger partial charge in [-0.05, 0) is 13.8 Å². The molecule has 0 aromatic heterocycles. The Balaban J connectivity index is 2.40. The molecule has 0 aromatic rings. The summed E-state index contributed by atoms with van der Waals surface area (Å²) in [5.74, 6) is 0. The Morgan fingerprint density at radius 3 is 2.57 bits per heavy atom. The van der Waals surface area contributed by atoms with Crippen molar-refractivity contribution in [1.29, 1.82) is 0 Å². The van der Waals surface area contributed by atoms with Crippen LogP contribution in [-0.4, -0.2) is 42.9 Å². The van der Waals surface area contributed by atoms with Crippen LogP contribution < -0.4 is 0 Å². The Hall–Kier alpha value is -0.290. The summed E-state index contributed by atoms with van der Waals surface area (Å²) in [6.45, 7) is 5.48. The molecule has 1 heterocycles. The van der Waals surface area contributed by atoms with Gasteiger partial charge in [-0.1, -0.05) is 0 Å². The minimum absolute atomic E-state index is 0.287. The van der Waals surface area contributed by atoms with Gasteiger partial charge in [0.15, 0.2) is 0 Å². The number of morpholine rings is 1. The van der Waals surface area contributed by atoms with Gasteiger partial charge in [-0.25, -0.2) is 0 Å². The molecule has 0 amide bonds. The predicted molar refractivity (Wildman–Crippen MR) is 47.1 cm³/mol. The molecule has 1 unspecified atom stereocenters. The molecule has 0 saturated carbocycles. The summed E-state index contributed by atoms with van der Waals surface area (Å²) < 4.78 is 41.3. The molecular formula is C9H16F3NO. The number of alkyl halides is 3. The molecule has 84 valence electrons. The standard InChI is InChI=1S/C9H16F3NO/c1-7(2)13-3-4-14-8(6-13)5-9(10,11)12/h7-8H,3-6H2,1-2H3. The maximum Gasteiger partial charge on any atom is 0.391 e. The number of hydrogen-bond acceptors (Lipinski definition) is 2. The van der Waals surface area contributed by atoms with Crippen molar-refractivity contribution < 1.29 is 17.9 Å². The van der Waals surface area contributed by atoms with Crippen LogP contribution in [0.15, 0.2) is 0 Å². The van der Waals surface area contributed by atoms with Crippen LogP contribution in [0.4, 0.5) is 13.2 Å². The average molecular weight is 211 g/mol. The van der Waals surface area contributed by atoms with Crippen molar-refractivity contribution in [2.45, 2.75) is 38.6 Å². The first-order valence-corrected chi connectivity index (χ1v) is 4.81. The molecule has 0 N–H and O–H groups in total. The van der Waals surface area contributed by atoms with Crippen LogP contribution in [0.1, 0.15) is 20.3 Å². The molecule has 1 rings (SSSR count).